The van der Waals surface area contributed by atoms with Crippen molar-refractivity contribution in [3.05, 3.63) is 41.5 Å². The highest BCUT2D eigenvalue weighted by molar-refractivity contribution is 5.94. The van der Waals surface area contributed by atoms with Crippen LogP contribution in [0.25, 0.3) is 0 Å². The number of benzene rings is 1. The van der Waals surface area contributed by atoms with E-state index in [-0.39, 0.29) is 12.5 Å². The van der Waals surface area contributed by atoms with Gasteiger partial charge in [0, 0.05) is 12.1 Å². The average molecular weight is 302 g/mol. The van der Waals surface area contributed by atoms with E-state index in [1.54, 1.807) is 24.3 Å². The van der Waals surface area contributed by atoms with Crippen LogP contribution in [-0.4, -0.2) is 25.0 Å². The Morgan fingerprint density at radius 2 is 1.95 bits per heavy atom. The van der Waals surface area contributed by atoms with Crippen LogP contribution >= 0.6 is 0 Å². The lowest BCUT2D eigenvalue weighted by Gasteiger charge is -2.13. The maximum absolute atomic E-state index is 12.0. The predicted molar refractivity (Wildman–Crippen MR) is 84.6 cm³/mol. The molecule has 5 heteroatoms. The molecule has 2 rings (SSSR count). The number of carbonyl (C=O) groups is 2. The number of ether oxygens (including phenoxy) is 1. The fourth-order valence-electron chi connectivity index (χ4n) is 2.43. The fraction of sp³-hybridized carbons (Fsp3) is 0.412. The minimum absolute atomic E-state index is 0.0992. The third-order valence-corrected chi connectivity index (χ3v) is 3.61. The Labute approximate surface area is 130 Å². The van der Waals surface area contributed by atoms with Gasteiger partial charge in [0.1, 0.15) is 5.75 Å². The van der Waals surface area contributed by atoms with Crippen molar-refractivity contribution in [2.24, 2.45) is 5.73 Å². The summed E-state index contributed by atoms with van der Waals surface area (Å²) < 4.78 is 5.15. The lowest BCUT2D eigenvalue weighted by atomic mass is 9.97. The Hall–Kier alpha value is -2.30. The molecule has 1 aliphatic carbocycles. The quantitative estimate of drug-likeness (QED) is 0.757. The SMILES string of the molecule is NC(=O)COc1ccc(C(=O)NCCC2=CCCCC2)cc1. The minimum atomic E-state index is -0.529. The lowest BCUT2D eigenvalue weighted by Crippen LogP contribution is -2.25. The van der Waals surface area contributed by atoms with Gasteiger partial charge in [-0.1, -0.05) is 11.6 Å². The summed E-state index contributed by atoms with van der Waals surface area (Å²) in [5.74, 6) is -0.112. The van der Waals surface area contributed by atoms with Crippen molar-refractivity contribution in [1.82, 2.24) is 5.32 Å². The van der Waals surface area contributed by atoms with Crippen LogP contribution in [0.1, 0.15) is 42.5 Å². The van der Waals surface area contributed by atoms with Crippen molar-refractivity contribution in [1.29, 1.82) is 0 Å². The molecule has 1 aromatic rings. The number of nitrogens with one attached hydrogen (secondary N) is 1. The second kappa shape index (κ2) is 8.22. The molecule has 0 atom stereocenters. The summed E-state index contributed by atoms with van der Waals surface area (Å²) in [6.07, 6.45) is 8.07. The second-order valence-corrected chi connectivity index (χ2v) is 5.39. The summed E-state index contributed by atoms with van der Waals surface area (Å²) >= 11 is 0. The van der Waals surface area contributed by atoms with E-state index in [1.807, 2.05) is 0 Å². The van der Waals surface area contributed by atoms with E-state index in [0.29, 0.717) is 17.9 Å². The number of rotatable bonds is 7. The average Bonchev–Trinajstić information content (AvgIpc) is 2.54. The minimum Gasteiger partial charge on any atom is -0.484 e. The maximum atomic E-state index is 12.0. The van der Waals surface area contributed by atoms with Crippen molar-refractivity contribution < 1.29 is 14.3 Å². The van der Waals surface area contributed by atoms with Crippen LogP contribution < -0.4 is 15.8 Å². The molecular formula is C17H22N2O3. The van der Waals surface area contributed by atoms with Gasteiger partial charge in [0.15, 0.2) is 6.61 Å². The first kappa shape index (κ1) is 16.1. The molecule has 0 spiro atoms. The smallest absolute Gasteiger partial charge is 0.255 e. The Morgan fingerprint density at radius 1 is 1.18 bits per heavy atom. The van der Waals surface area contributed by atoms with Gasteiger partial charge in [-0.2, -0.15) is 0 Å². The van der Waals surface area contributed by atoms with Gasteiger partial charge >= 0.3 is 0 Å². The molecule has 118 valence electrons. The third kappa shape index (κ3) is 5.24. The maximum Gasteiger partial charge on any atom is 0.255 e. The van der Waals surface area contributed by atoms with E-state index in [9.17, 15) is 9.59 Å². The Kier molecular flexibility index (Phi) is 6.01. The number of amides is 2. The van der Waals surface area contributed by atoms with E-state index in [2.05, 4.69) is 11.4 Å². The number of allylic oxidation sites excluding steroid dienone is 1. The van der Waals surface area contributed by atoms with Gasteiger partial charge in [-0.15, -0.1) is 0 Å². The molecule has 1 aromatic carbocycles. The van der Waals surface area contributed by atoms with Gasteiger partial charge in [-0.25, -0.2) is 0 Å². The predicted octanol–water partition coefficient (Wildman–Crippen LogP) is 2.17. The van der Waals surface area contributed by atoms with Gasteiger partial charge in [-0.3, -0.25) is 9.59 Å². The zero-order valence-corrected chi connectivity index (χ0v) is 12.6. The van der Waals surface area contributed by atoms with E-state index in [4.69, 9.17) is 10.5 Å². The van der Waals surface area contributed by atoms with Crippen molar-refractivity contribution >= 4 is 11.8 Å². The van der Waals surface area contributed by atoms with Gasteiger partial charge in [0.05, 0.1) is 0 Å². The molecule has 0 fully saturated rings. The summed E-state index contributed by atoms with van der Waals surface area (Å²) in [7, 11) is 0. The summed E-state index contributed by atoms with van der Waals surface area (Å²) in [4.78, 5) is 22.6. The summed E-state index contributed by atoms with van der Waals surface area (Å²) in [5.41, 5.74) is 7.02. The molecule has 1 aliphatic rings. The first-order valence-electron chi connectivity index (χ1n) is 7.62. The van der Waals surface area contributed by atoms with E-state index >= 15 is 0 Å². The molecule has 0 aliphatic heterocycles. The zero-order chi connectivity index (χ0) is 15.8. The second-order valence-electron chi connectivity index (χ2n) is 5.39. The summed E-state index contributed by atoms with van der Waals surface area (Å²) in [6, 6.07) is 6.65. The highest BCUT2D eigenvalue weighted by Crippen LogP contribution is 2.19. The number of carbonyl (C=O) groups excluding carboxylic acids is 2. The highest BCUT2D eigenvalue weighted by atomic mass is 16.5. The van der Waals surface area contributed by atoms with E-state index in [1.165, 1.54) is 18.4 Å². The van der Waals surface area contributed by atoms with Gasteiger partial charge in [0.25, 0.3) is 11.8 Å². The summed E-state index contributed by atoms with van der Waals surface area (Å²) in [6.45, 7) is 0.491. The Morgan fingerprint density at radius 3 is 2.59 bits per heavy atom. The molecule has 0 saturated carbocycles. The standard InChI is InChI=1S/C17H22N2O3/c18-16(20)12-22-15-8-6-14(7-9-15)17(21)19-11-10-13-4-2-1-3-5-13/h4,6-9H,1-3,5,10-12H2,(H2,18,20)(H,19,21). The van der Waals surface area contributed by atoms with E-state index < -0.39 is 5.91 Å². The molecule has 0 heterocycles. The number of primary amides is 1. The lowest BCUT2D eigenvalue weighted by molar-refractivity contribution is -0.119. The highest BCUT2D eigenvalue weighted by Gasteiger charge is 2.07. The Balaban J connectivity index is 1.77. The van der Waals surface area contributed by atoms with Crippen LogP contribution in [0.2, 0.25) is 0 Å². The van der Waals surface area contributed by atoms with Crippen LogP contribution in [0.15, 0.2) is 35.9 Å². The number of nitrogens with two attached hydrogens (primary N) is 1. The number of hydrogen-bond donors (Lipinski definition) is 2. The zero-order valence-electron chi connectivity index (χ0n) is 12.6. The molecule has 0 unspecified atom stereocenters. The van der Waals surface area contributed by atoms with Crippen LogP contribution in [0.4, 0.5) is 0 Å². The largest absolute Gasteiger partial charge is 0.484 e. The normalized spacial score (nSPS) is 14.1. The topological polar surface area (TPSA) is 81.4 Å². The first-order valence-corrected chi connectivity index (χ1v) is 7.62. The molecule has 2 amide bonds. The van der Waals surface area contributed by atoms with Crippen molar-refractivity contribution in [3.63, 3.8) is 0 Å². The van der Waals surface area contributed by atoms with Crippen LogP contribution in [0.5, 0.6) is 5.75 Å². The molecule has 3 N–H and O–H groups in total. The van der Waals surface area contributed by atoms with Crippen LogP contribution in [0, 0.1) is 0 Å². The molecular weight excluding hydrogens is 280 g/mol. The fourth-order valence-corrected chi connectivity index (χ4v) is 2.43. The molecule has 0 saturated heterocycles. The van der Waals surface area contributed by atoms with Gasteiger partial charge in [0.2, 0.25) is 0 Å². The summed E-state index contributed by atoms with van der Waals surface area (Å²) in [5, 5.41) is 2.92. The van der Waals surface area contributed by atoms with Crippen molar-refractivity contribution in [2.75, 3.05) is 13.2 Å². The number of hydrogen-bond acceptors (Lipinski definition) is 3. The van der Waals surface area contributed by atoms with Gasteiger partial charge in [-0.05, 0) is 56.4 Å². The Bertz CT molecular complexity index is 550. The molecule has 0 aromatic heterocycles. The monoisotopic (exact) mass is 302 g/mol. The molecule has 5 nitrogen and oxygen atoms in total. The molecule has 0 bridgehead atoms. The van der Waals surface area contributed by atoms with E-state index in [0.717, 1.165) is 19.3 Å². The van der Waals surface area contributed by atoms with Crippen LogP contribution in [-0.2, 0) is 4.79 Å². The van der Waals surface area contributed by atoms with Crippen LogP contribution in [0.3, 0.4) is 0 Å². The van der Waals surface area contributed by atoms with Gasteiger partial charge < -0.3 is 15.8 Å². The first-order chi connectivity index (χ1) is 10.6. The van der Waals surface area contributed by atoms with Crippen molar-refractivity contribution in [3.8, 4) is 5.75 Å². The van der Waals surface area contributed by atoms with Crippen molar-refractivity contribution in [2.45, 2.75) is 32.1 Å². The molecule has 22 heavy (non-hydrogen) atoms. The molecule has 0 radical (unpaired) electrons. The third-order valence-electron chi connectivity index (χ3n) is 3.61.